The molecular formula is C22H15Cl2FN4O4. The van der Waals surface area contributed by atoms with Crippen LogP contribution in [0.2, 0.25) is 10.0 Å². The molecule has 0 aliphatic rings. The Balaban J connectivity index is 1.57. The van der Waals surface area contributed by atoms with E-state index in [1.807, 2.05) is 0 Å². The maximum atomic E-state index is 13.1. The molecule has 0 spiro atoms. The quantitative estimate of drug-likeness (QED) is 0.369. The summed E-state index contributed by atoms with van der Waals surface area (Å²) in [6, 6.07) is 13.2. The van der Waals surface area contributed by atoms with Crippen LogP contribution in [-0.2, 0) is 6.54 Å². The summed E-state index contributed by atoms with van der Waals surface area (Å²) < 4.78 is 19.8. The summed E-state index contributed by atoms with van der Waals surface area (Å²) in [5, 5.41) is 17.2. The summed E-state index contributed by atoms with van der Waals surface area (Å²) >= 11 is 12.7. The van der Waals surface area contributed by atoms with Crippen LogP contribution in [0.15, 0.2) is 70.4 Å². The molecule has 0 amide bonds. The van der Waals surface area contributed by atoms with Gasteiger partial charge in [-0.25, -0.2) is 9.18 Å². The van der Waals surface area contributed by atoms with Crippen LogP contribution in [0.5, 0.6) is 17.2 Å². The summed E-state index contributed by atoms with van der Waals surface area (Å²) in [7, 11) is 0. The highest BCUT2D eigenvalue weighted by Crippen LogP contribution is 2.39. The number of aromatic hydroxyl groups is 1. The molecule has 4 rings (SSSR count). The van der Waals surface area contributed by atoms with Crippen molar-refractivity contribution in [3.8, 4) is 22.9 Å². The lowest BCUT2D eigenvalue weighted by molar-refractivity contribution is 0.459. The number of halogens is 3. The van der Waals surface area contributed by atoms with Crippen molar-refractivity contribution in [2.24, 2.45) is 0 Å². The van der Waals surface area contributed by atoms with Crippen molar-refractivity contribution in [1.29, 1.82) is 0 Å². The van der Waals surface area contributed by atoms with Crippen molar-refractivity contribution in [3.05, 3.63) is 103 Å². The lowest BCUT2D eigenvalue weighted by Gasteiger charge is -2.14. The Bertz CT molecular complexity index is 1410. The van der Waals surface area contributed by atoms with E-state index in [2.05, 4.69) is 15.4 Å². The Kier molecular flexibility index (Phi) is 6.34. The molecule has 0 bridgehead atoms. The molecule has 4 aromatic rings. The first kappa shape index (κ1) is 22.4. The standard InChI is InChI=1S/C22H15Cl2FN4O4/c23-17-8-15(29-22(32)28-20(31)11-27-29)9-18(24)21(17)33-16-5-6-19(30)12(7-16)10-26-14-3-1-13(25)2-4-14/h1-9,11,26,30H,10H2,(H,28,31,32). The van der Waals surface area contributed by atoms with Gasteiger partial charge < -0.3 is 15.2 Å². The monoisotopic (exact) mass is 488 g/mol. The third-order valence-corrected chi connectivity index (χ3v) is 5.10. The topological polar surface area (TPSA) is 109 Å². The lowest BCUT2D eigenvalue weighted by Crippen LogP contribution is -2.30. The van der Waals surface area contributed by atoms with Gasteiger partial charge in [-0.2, -0.15) is 9.78 Å². The van der Waals surface area contributed by atoms with Gasteiger partial charge in [0.1, 0.15) is 23.5 Å². The second-order valence-corrected chi connectivity index (χ2v) is 7.66. The van der Waals surface area contributed by atoms with Crippen molar-refractivity contribution in [1.82, 2.24) is 14.8 Å². The van der Waals surface area contributed by atoms with Gasteiger partial charge in [-0.3, -0.25) is 9.78 Å². The Morgan fingerprint density at radius 2 is 1.76 bits per heavy atom. The van der Waals surface area contributed by atoms with Gasteiger partial charge in [0, 0.05) is 17.8 Å². The molecule has 0 aliphatic carbocycles. The number of aromatic nitrogens is 3. The Morgan fingerprint density at radius 1 is 1.06 bits per heavy atom. The van der Waals surface area contributed by atoms with Crippen molar-refractivity contribution >= 4 is 28.9 Å². The predicted octanol–water partition coefficient (Wildman–Crippen LogP) is 4.48. The largest absolute Gasteiger partial charge is 0.508 e. The Morgan fingerprint density at radius 3 is 2.42 bits per heavy atom. The molecule has 33 heavy (non-hydrogen) atoms. The van der Waals surface area contributed by atoms with Crippen LogP contribution in [0.4, 0.5) is 10.1 Å². The van der Waals surface area contributed by atoms with E-state index in [0.29, 0.717) is 17.0 Å². The van der Waals surface area contributed by atoms with Crippen molar-refractivity contribution in [2.75, 3.05) is 5.32 Å². The van der Waals surface area contributed by atoms with Crippen molar-refractivity contribution in [2.45, 2.75) is 6.54 Å². The SMILES string of the molecule is O=c1cnn(-c2cc(Cl)c(Oc3ccc(O)c(CNc4ccc(F)cc4)c3)c(Cl)c2)c(=O)[nH]1. The van der Waals surface area contributed by atoms with Crippen molar-refractivity contribution in [3.63, 3.8) is 0 Å². The summed E-state index contributed by atoms with van der Waals surface area (Å²) in [5.74, 6) is 0.162. The number of benzene rings is 3. The minimum absolute atomic E-state index is 0.0352. The van der Waals surface area contributed by atoms with E-state index in [9.17, 15) is 19.1 Å². The van der Waals surface area contributed by atoms with Crippen LogP contribution in [0.25, 0.3) is 5.69 Å². The number of hydrogen-bond acceptors (Lipinski definition) is 6. The maximum absolute atomic E-state index is 13.1. The zero-order chi connectivity index (χ0) is 23.5. The number of ether oxygens (including phenoxy) is 1. The molecule has 0 radical (unpaired) electrons. The highest BCUT2D eigenvalue weighted by Gasteiger charge is 2.14. The second kappa shape index (κ2) is 9.35. The molecule has 0 aliphatic heterocycles. The van der Waals surface area contributed by atoms with Gasteiger partial charge in [0.2, 0.25) is 0 Å². The fraction of sp³-hybridized carbons (Fsp3) is 0.0455. The van der Waals surface area contributed by atoms with Gasteiger partial charge in [-0.15, -0.1) is 0 Å². The predicted molar refractivity (Wildman–Crippen MR) is 122 cm³/mol. The van der Waals surface area contributed by atoms with Gasteiger partial charge in [0.25, 0.3) is 5.56 Å². The number of aromatic amines is 1. The number of phenols is 1. The van der Waals surface area contributed by atoms with E-state index in [1.54, 1.807) is 18.2 Å². The van der Waals surface area contributed by atoms with Crippen LogP contribution in [0.3, 0.4) is 0 Å². The molecule has 0 saturated heterocycles. The summed E-state index contributed by atoms with van der Waals surface area (Å²) in [4.78, 5) is 25.3. The van der Waals surface area contributed by atoms with Gasteiger partial charge in [-0.05, 0) is 54.6 Å². The van der Waals surface area contributed by atoms with Gasteiger partial charge in [0.05, 0.1) is 15.7 Å². The minimum atomic E-state index is -0.750. The molecule has 3 N–H and O–H groups in total. The average molecular weight is 489 g/mol. The van der Waals surface area contributed by atoms with E-state index in [0.717, 1.165) is 10.9 Å². The molecule has 1 heterocycles. The van der Waals surface area contributed by atoms with Gasteiger partial charge in [0.15, 0.2) is 5.75 Å². The third kappa shape index (κ3) is 5.16. The lowest BCUT2D eigenvalue weighted by atomic mass is 10.2. The van der Waals surface area contributed by atoms with Crippen LogP contribution in [-0.4, -0.2) is 19.9 Å². The van der Waals surface area contributed by atoms with E-state index < -0.39 is 11.2 Å². The zero-order valence-electron chi connectivity index (χ0n) is 16.7. The molecule has 0 atom stereocenters. The molecule has 0 fully saturated rings. The van der Waals surface area contributed by atoms with E-state index >= 15 is 0 Å². The zero-order valence-corrected chi connectivity index (χ0v) is 18.2. The number of phenolic OH excluding ortho intramolecular Hbond substituents is 1. The van der Waals surface area contributed by atoms with Crippen LogP contribution < -0.4 is 21.3 Å². The van der Waals surface area contributed by atoms with Gasteiger partial charge in [-0.1, -0.05) is 23.2 Å². The smallest absolute Gasteiger partial charge is 0.349 e. The molecule has 0 unspecified atom stereocenters. The molecule has 0 saturated carbocycles. The fourth-order valence-corrected chi connectivity index (χ4v) is 3.51. The normalized spacial score (nSPS) is 10.8. The molecular weight excluding hydrogens is 474 g/mol. The number of hydrogen-bond donors (Lipinski definition) is 3. The average Bonchev–Trinajstić information content (AvgIpc) is 2.77. The first-order valence-electron chi connectivity index (χ1n) is 9.47. The molecule has 168 valence electrons. The van der Waals surface area contributed by atoms with E-state index in [-0.39, 0.29) is 39.6 Å². The maximum Gasteiger partial charge on any atom is 0.349 e. The molecule has 3 aromatic carbocycles. The highest BCUT2D eigenvalue weighted by molar-refractivity contribution is 6.37. The number of anilines is 1. The Hall–Kier alpha value is -3.82. The fourth-order valence-electron chi connectivity index (χ4n) is 2.95. The molecule has 11 heteroatoms. The van der Waals surface area contributed by atoms with E-state index in [1.165, 1.54) is 36.4 Å². The summed E-state index contributed by atoms with van der Waals surface area (Å²) in [6.45, 7) is 0.246. The van der Waals surface area contributed by atoms with Gasteiger partial charge >= 0.3 is 5.69 Å². The van der Waals surface area contributed by atoms with Crippen LogP contribution >= 0.6 is 23.2 Å². The summed E-state index contributed by atoms with van der Waals surface area (Å²) in [5.41, 5.74) is 0.0404. The molecule has 8 nitrogen and oxygen atoms in total. The van der Waals surface area contributed by atoms with E-state index in [4.69, 9.17) is 27.9 Å². The van der Waals surface area contributed by atoms with Crippen LogP contribution in [0, 0.1) is 5.82 Å². The number of nitrogens with zero attached hydrogens (tertiary/aromatic N) is 2. The first-order valence-corrected chi connectivity index (χ1v) is 10.2. The highest BCUT2D eigenvalue weighted by atomic mass is 35.5. The molecule has 1 aromatic heterocycles. The van der Waals surface area contributed by atoms with Crippen LogP contribution in [0.1, 0.15) is 5.56 Å². The number of rotatable bonds is 6. The minimum Gasteiger partial charge on any atom is -0.508 e. The Labute approximate surface area is 195 Å². The second-order valence-electron chi connectivity index (χ2n) is 6.84. The number of H-pyrrole nitrogens is 1. The number of nitrogens with one attached hydrogen (secondary N) is 2. The first-order chi connectivity index (χ1) is 15.8. The van der Waals surface area contributed by atoms with Crippen molar-refractivity contribution < 1.29 is 14.2 Å². The summed E-state index contributed by atoms with van der Waals surface area (Å²) in [6.07, 6.45) is 0.950. The third-order valence-electron chi connectivity index (χ3n) is 4.54.